The molecule has 1 spiro atoms. The summed E-state index contributed by atoms with van der Waals surface area (Å²) in [6.45, 7) is 3.93. The summed E-state index contributed by atoms with van der Waals surface area (Å²) in [7, 11) is 0. The number of halogens is 1. The number of ether oxygens (including phenoxy) is 1. The molecule has 1 saturated carbocycles. The Bertz CT molecular complexity index is 987. The van der Waals surface area contributed by atoms with E-state index in [0.29, 0.717) is 22.7 Å². The molecular formula is C21H25BrN4O3S. The van der Waals surface area contributed by atoms with E-state index in [2.05, 4.69) is 39.2 Å². The van der Waals surface area contributed by atoms with Crippen LogP contribution < -0.4 is 11.1 Å². The summed E-state index contributed by atoms with van der Waals surface area (Å²) in [5.41, 5.74) is 7.25. The molecule has 0 bridgehead atoms. The molecule has 0 saturated heterocycles. The average molecular weight is 493 g/mol. The molecule has 5 rings (SSSR count). The van der Waals surface area contributed by atoms with Crippen LogP contribution >= 0.6 is 27.7 Å². The molecule has 0 radical (unpaired) electrons. The van der Waals surface area contributed by atoms with Crippen LogP contribution in [0.2, 0.25) is 0 Å². The lowest BCUT2D eigenvalue weighted by atomic mass is 9.66. The van der Waals surface area contributed by atoms with E-state index in [-0.39, 0.29) is 29.5 Å². The van der Waals surface area contributed by atoms with E-state index in [1.165, 1.54) is 10.7 Å². The molecule has 160 valence electrons. The van der Waals surface area contributed by atoms with Gasteiger partial charge in [-0.2, -0.15) is 0 Å². The van der Waals surface area contributed by atoms with Crippen molar-refractivity contribution < 1.29 is 13.9 Å². The van der Waals surface area contributed by atoms with E-state index >= 15 is 0 Å². The number of carbonyl (C=O) groups is 1. The highest BCUT2D eigenvalue weighted by Gasteiger charge is 2.55. The molecule has 4 aliphatic rings. The van der Waals surface area contributed by atoms with Crippen molar-refractivity contribution >= 4 is 38.8 Å². The van der Waals surface area contributed by atoms with E-state index in [1.54, 1.807) is 18.7 Å². The summed E-state index contributed by atoms with van der Waals surface area (Å²) in [4.78, 5) is 21.8. The Morgan fingerprint density at radius 3 is 2.97 bits per heavy atom. The van der Waals surface area contributed by atoms with Crippen molar-refractivity contribution in [2.45, 2.75) is 57.2 Å². The third kappa shape index (κ3) is 3.30. The Morgan fingerprint density at radius 2 is 2.27 bits per heavy atom. The maximum atomic E-state index is 12.6. The predicted octanol–water partition coefficient (Wildman–Crippen LogP) is 3.65. The normalized spacial score (nSPS) is 35.3. The fraction of sp³-hybridized carbons (Fsp3) is 0.571. The van der Waals surface area contributed by atoms with Gasteiger partial charge in [-0.1, -0.05) is 34.6 Å². The first-order chi connectivity index (χ1) is 14.4. The number of rotatable bonds is 2. The number of thioether (sulfide) groups is 1. The number of carbonyl (C=O) groups excluding carboxylic acids is 1. The van der Waals surface area contributed by atoms with E-state index in [9.17, 15) is 4.79 Å². The molecule has 7 nitrogen and oxygen atoms in total. The Balaban J connectivity index is 1.43. The maximum absolute atomic E-state index is 12.6. The van der Waals surface area contributed by atoms with Gasteiger partial charge >= 0.3 is 0 Å². The molecule has 5 unspecified atom stereocenters. The number of aromatic nitrogens is 1. The lowest BCUT2D eigenvalue weighted by molar-refractivity contribution is -0.0235. The van der Waals surface area contributed by atoms with Gasteiger partial charge in [0.2, 0.25) is 0 Å². The van der Waals surface area contributed by atoms with Crippen LogP contribution in [0, 0.1) is 18.8 Å². The van der Waals surface area contributed by atoms with E-state index in [1.807, 2.05) is 0 Å². The number of amidine groups is 1. The minimum atomic E-state index is -0.389. The quantitative estimate of drug-likeness (QED) is 0.652. The van der Waals surface area contributed by atoms with Gasteiger partial charge in [-0.25, -0.2) is 9.98 Å². The number of nitrogens with zero attached hydrogens (tertiary/aromatic N) is 2. The summed E-state index contributed by atoms with van der Waals surface area (Å²) < 4.78 is 12.9. The number of hydrogen-bond acceptors (Lipinski definition) is 7. The average Bonchev–Trinajstić information content (AvgIpc) is 3.31. The van der Waals surface area contributed by atoms with Gasteiger partial charge in [-0.05, 0) is 35.7 Å². The van der Waals surface area contributed by atoms with Gasteiger partial charge in [0.05, 0.1) is 0 Å². The third-order valence-electron chi connectivity index (χ3n) is 6.64. The molecule has 30 heavy (non-hydrogen) atoms. The van der Waals surface area contributed by atoms with Gasteiger partial charge in [0.25, 0.3) is 5.91 Å². The minimum Gasteiger partial charge on any atom is -0.494 e. The first-order valence-electron chi connectivity index (χ1n) is 10.3. The number of oxazole rings is 1. The number of nitrogens with one attached hydrogen (secondary N) is 1. The summed E-state index contributed by atoms with van der Waals surface area (Å²) in [5, 5.41) is 3.78. The molecule has 3 heterocycles. The van der Waals surface area contributed by atoms with Crippen molar-refractivity contribution in [1.82, 2.24) is 10.3 Å². The molecule has 0 aromatic carbocycles. The van der Waals surface area contributed by atoms with Crippen molar-refractivity contribution in [1.29, 1.82) is 0 Å². The van der Waals surface area contributed by atoms with Crippen molar-refractivity contribution in [2.75, 3.05) is 5.75 Å². The van der Waals surface area contributed by atoms with Crippen molar-refractivity contribution in [3.05, 3.63) is 39.7 Å². The van der Waals surface area contributed by atoms with Crippen LogP contribution in [0.3, 0.4) is 0 Å². The van der Waals surface area contributed by atoms with Gasteiger partial charge in [0, 0.05) is 36.6 Å². The topological polar surface area (TPSA) is 103 Å². The lowest BCUT2D eigenvalue weighted by Gasteiger charge is -2.50. The van der Waals surface area contributed by atoms with Crippen LogP contribution in [0.15, 0.2) is 37.6 Å². The van der Waals surface area contributed by atoms with Crippen molar-refractivity contribution in [2.24, 2.45) is 22.6 Å². The number of nitrogens with two attached hydrogens (primary N) is 1. The largest absolute Gasteiger partial charge is 0.494 e. The second kappa shape index (κ2) is 7.44. The second-order valence-corrected chi connectivity index (χ2v) is 10.5. The monoisotopic (exact) mass is 492 g/mol. The molecule has 1 aromatic rings. The van der Waals surface area contributed by atoms with Crippen LogP contribution in [-0.4, -0.2) is 39.5 Å². The predicted molar refractivity (Wildman–Crippen MR) is 119 cm³/mol. The van der Waals surface area contributed by atoms with Crippen molar-refractivity contribution in [3.8, 4) is 0 Å². The number of fused-ring (bicyclic) bond motifs is 3. The molecular weight excluding hydrogens is 468 g/mol. The molecule has 3 N–H and O–H groups in total. The highest BCUT2D eigenvalue weighted by atomic mass is 79.9. The zero-order valence-corrected chi connectivity index (χ0v) is 19.4. The van der Waals surface area contributed by atoms with Gasteiger partial charge in [0.1, 0.15) is 23.7 Å². The highest BCUT2D eigenvalue weighted by Crippen LogP contribution is 2.54. The zero-order chi connectivity index (χ0) is 21.0. The van der Waals surface area contributed by atoms with Gasteiger partial charge in [-0.15, -0.1) is 0 Å². The minimum absolute atomic E-state index is 0.0374. The Hall–Kier alpha value is -1.74. The summed E-state index contributed by atoms with van der Waals surface area (Å²) in [6, 6.07) is 0.0374. The lowest BCUT2D eigenvalue weighted by Crippen LogP contribution is -2.55. The first kappa shape index (κ1) is 20.2. The summed E-state index contributed by atoms with van der Waals surface area (Å²) in [6.07, 6.45) is 7.12. The highest BCUT2D eigenvalue weighted by molar-refractivity contribution is 9.11. The molecule has 1 fully saturated rings. The number of allylic oxidation sites excluding steroid dienone is 2. The second-order valence-electron chi connectivity index (χ2n) is 8.63. The standard InChI is InChI=1S/C21H25BrN4O3S/c1-10-5-18-14(7-15(10)22)21(9-30-20(23)26-21)13-6-12(3-4-17(13)29-18)25-19(27)16-8-28-11(2)24-16/h7-8,10,12-13,17H,3-6,9H2,1-2H3,(H2,23,26)(H,25,27). The molecule has 9 heteroatoms. The van der Waals surface area contributed by atoms with Crippen LogP contribution in [0.5, 0.6) is 0 Å². The Kier molecular flexibility index (Phi) is 5.01. The molecule has 1 aromatic heterocycles. The SMILES string of the molecule is Cc1nc(C(=O)NC2CCC3OC4=C(C=C(Br)C(C)C4)C4(CSC(N)=N4)C3C2)co1. The number of aryl methyl sites for hydroxylation is 1. The summed E-state index contributed by atoms with van der Waals surface area (Å²) >= 11 is 5.35. The molecule has 2 aliphatic carbocycles. The Labute approximate surface area is 188 Å². The van der Waals surface area contributed by atoms with Crippen LogP contribution in [-0.2, 0) is 4.74 Å². The fourth-order valence-corrected chi connectivity index (χ4v) is 6.54. The molecule has 2 aliphatic heterocycles. The van der Waals surface area contributed by atoms with Crippen LogP contribution in [0.25, 0.3) is 0 Å². The van der Waals surface area contributed by atoms with Gasteiger partial charge < -0.3 is 20.2 Å². The van der Waals surface area contributed by atoms with E-state index in [4.69, 9.17) is 19.9 Å². The van der Waals surface area contributed by atoms with Gasteiger partial charge in [-0.3, -0.25) is 4.79 Å². The number of amides is 1. The zero-order valence-electron chi connectivity index (χ0n) is 17.0. The van der Waals surface area contributed by atoms with Crippen LogP contribution in [0.1, 0.15) is 49.0 Å². The third-order valence-corrected chi connectivity index (χ3v) is 8.62. The van der Waals surface area contributed by atoms with Gasteiger partial charge in [0.15, 0.2) is 16.8 Å². The fourth-order valence-electron chi connectivity index (χ4n) is 5.12. The molecule has 5 atom stereocenters. The Morgan fingerprint density at radius 1 is 1.43 bits per heavy atom. The first-order valence-corrected chi connectivity index (χ1v) is 12.1. The number of aliphatic imine (C=N–C) groups is 1. The maximum Gasteiger partial charge on any atom is 0.273 e. The van der Waals surface area contributed by atoms with Crippen molar-refractivity contribution in [3.63, 3.8) is 0 Å². The summed E-state index contributed by atoms with van der Waals surface area (Å²) in [5.74, 6) is 2.73. The van der Waals surface area contributed by atoms with E-state index < -0.39 is 0 Å². The van der Waals surface area contributed by atoms with Crippen LogP contribution in [0.4, 0.5) is 0 Å². The number of hydrogen-bond donors (Lipinski definition) is 2. The smallest absolute Gasteiger partial charge is 0.273 e. The molecule has 1 amide bonds. The van der Waals surface area contributed by atoms with E-state index in [0.717, 1.165) is 42.8 Å².